The Balaban J connectivity index is 1.57. The largest absolute Gasteiger partial charge is 0.341 e. The lowest BCUT2D eigenvalue weighted by Crippen LogP contribution is -2.36. The van der Waals surface area contributed by atoms with Gasteiger partial charge in [0.2, 0.25) is 11.8 Å². The minimum atomic E-state index is -0.156. The topological polar surface area (TPSA) is 61.4 Å². The van der Waals surface area contributed by atoms with E-state index in [1.165, 1.54) is 6.42 Å². The summed E-state index contributed by atoms with van der Waals surface area (Å²) in [5, 5.41) is 6.37. The van der Waals surface area contributed by atoms with Gasteiger partial charge in [0, 0.05) is 31.2 Å². The minimum absolute atomic E-state index is 0.138. The van der Waals surface area contributed by atoms with Crippen molar-refractivity contribution in [2.24, 2.45) is 5.92 Å². The third-order valence-corrected chi connectivity index (χ3v) is 5.68. The van der Waals surface area contributed by atoms with Crippen molar-refractivity contribution in [3.05, 3.63) is 29.8 Å². The number of nitrogens with zero attached hydrogens (tertiary/aromatic N) is 1. The zero-order chi connectivity index (χ0) is 18.4. The van der Waals surface area contributed by atoms with Crippen LogP contribution in [0.1, 0.15) is 56.9 Å². The van der Waals surface area contributed by atoms with Gasteiger partial charge in [-0.2, -0.15) is 0 Å². The molecule has 2 amide bonds. The summed E-state index contributed by atoms with van der Waals surface area (Å²) in [6.45, 7) is 5.42. The SMILES string of the molecule is CC(C(=O)N1CCCNCC1)c1ccc(NC(=O)C2CCCCC2)cc1. The predicted octanol–water partition coefficient (Wildman–Crippen LogP) is 3.13. The van der Waals surface area contributed by atoms with Gasteiger partial charge < -0.3 is 15.5 Å². The summed E-state index contributed by atoms with van der Waals surface area (Å²) >= 11 is 0. The van der Waals surface area contributed by atoms with Crippen molar-refractivity contribution < 1.29 is 9.59 Å². The Bertz CT molecular complexity index is 600. The second-order valence-corrected chi connectivity index (χ2v) is 7.60. The fraction of sp³-hybridized carbons (Fsp3) is 0.619. The highest BCUT2D eigenvalue weighted by atomic mass is 16.2. The van der Waals surface area contributed by atoms with Gasteiger partial charge in [-0.05, 0) is 50.4 Å². The number of rotatable bonds is 4. The average Bonchev–Trinajstić information content (AvgIpc) is 2.97. The molecule has 2 aliphatic rings. The lowest BCUT2D eigenvalue weighted by atomic mass is 9.88. The second-order valence-electron chi connectivity index (χ2n) is 7.60. The first-order chi connectivity index (χ1) is 12.6. The highest BCUT2D eigenvalue weighted by Crippen LogP contribution is 2.26. The number of amides is 2. The summed E-state index contributed by atoms with van der Waals surface area (Å²) in [4.78, 5) is 27.1. The molecule has 2 N–H and O–H groups in total. The standard InChI is InChI=1S/C21H31N3O2/c1-16(21(26)24-14-5-12-22-13-15-24)17-8-10-19(11-9-17)23-20(25)18-6-3-2-4-7-18/h8-11,16,18,22H,2-7,12-15H2,1H3,(H,23,25). The van der Waals surface area contributed by atoms with Gasteiger partial charge in [-0.3, -0.25) is 9.59 Å². The molecular weight excluding hydrogens is 326 g/mol. The van der Waals surface area contributed by atoms with E-state index in [1.807, 2.05) is 36.1 Å². The zero-order valence-corrected chi connectivity index (χ0v) is 15.8. The molecule has 0 radical (unpaired) electrons. The van der Waals surface area contributed by atoms with Crippen LogP contribution < -0.4 is 10.6 Å². The van der Waals surface area contributed by atoms with Crippen LogP contribution in [0.4, 0.5) is 5.69 Å². The van der Waals surface area contributed by atoms with E-state index < -0.39 is 0 Å². The molecule has 0 bridgehead atoms. The van der Waals surface area contributed by atoms with Crippen LogP contribution in [-0.4, -0.2) is 42.9 Å². The van der Waals surface area contributed by atoms with Gasteiger partial charge in [-0.15, -0.1) is 0 Å². The number of carbonyl (C=O) groups is 2. The molecule has 5 nitrogen and oxygen atoms in total. The third-order valence-electron chi connectivity index (χ3n) is 5.68. The van der Waals surface area contributed by atoms with Gasteiger partial charge in [-0.25, -0.2) is 0 Å². The first-order valence-electron chi connectivity index (χ1n) is 10.1. The smallest absolute Gasteiger partial charge is 0.229 e. The Morgan fingerprint density at radius 3 is 2.50 bits per heavy atom. The number of hydrogen-bond acceptors (Lipinski definition) is 3. The van der Waals surface area contributed by atoms with Crippen LogP contribution in [0.25, 0.3) is 0 Å². The van der Waals surface area contributed by atoms with Crippen LogP contribution in [-0.2, 0) is 9.59 Å². The summed E-state index contributed by atoms with van der Waals surface area (Å²) in [6, 6.07) is 7.78. The van der Waals surface area contributed by atoms with Gasteiger partial charge in [-0.1, -0.05) is 31.4 Å². The minimum Gasteiger partial charge on any atom is -0.341 e. The molecule has 26 heavy (non-hydrogen) atoms. The molecular formula is C21H31N3O2. The number of hydrogen-bond donors (Lipinski definition) is 2. The Kier molecular flexibility index (Phi) is 6.67. The monoisotopic (exact) mass is 357 g/mol. The number of benzene rings is 1. The molecule has 1 unspecified atom stereocenters. The molecule has 142 valence electrons. The molecule has 5 heteroatoms. The molecule has 3 rings (SSSR count). The summed E-state index contributed by atoms with van der Waals surface area (Å²) in [5.41, 5.74) is 1.82. The highest BCUT2D eigenvalue weighted by Gasteiger charge is 2.23. The normalized spacial score (nSPS) is 20.3. The van der Waals surface area contributed by atoms with Crippen LogP contribution in [0, 0.1) is 5.92 Å². The van der Waals surface area contributed by atoms with E-state index in [0.717, 1.165) is 69.5 Å². The molecule has 1 aromatic carbocycles. The number of nitrogens with one attached hydrogen (secondary N) is 2. The summed E-state index contributed by atoms with van der Waals surface area (Å²) in [6.07, 6.45) is 6.56. The van der Waals surface area contributed by atoms with Crippen molar-refractivity contribution in [3.63, 3.8) is 0 Å². The summed E-state index contributed by atoms with van der Waals surface area (Å²) in [5.74, 6) is 0.322. The third kappa shape index (κ3) is 4.85. The maximum atomic E-state index is 12.7. The van der Waals surface area contributed by atoms with E-state index in [-0.39, 0.29) is 23.7 Å². The lowest BCUT2D eigenvalue weighted by Gasteiger charge is -2.24. The van der Waals surface area contributed by atoms with E-state index in [9.17, 15) is 9.59 Å². The maximum absolute atomic E-state index is 12.7. The van der Waals surface area contributed by atoms with Gasteiger partial charge in [0.25, 0.3) is 0 Å². The van der Waals surface area contributed by atoms with E-state index >= 15 is 0 Å². The predicted molar refractivity (Wildman–Crippen MR) is 104 cm³/mol. The van der Waals surface area contributed by atoms with E-state index in [2.05, 4.69) is 10.6 Å². The van der Waals surface area contributed by atoms with Crippen molar-refractivity contribution in [3.8, 4) is 0 Å². The lowest BCUT2D eigenvalue weighted by molar-refractivity contribution is -0.132. The zero-order valence-electron chi connectivity index (χ0n) is 15.8. The second kappa shape index (κ2) is 9.17. The first kappa shape index (κ1) is 18.9. The fourth-order valence-corrected chi connectivity index (χ4v) is 3.95. The van der Waals surface area contributed by atoms with E-state index in [4.69, 9.17) is 0 Å². The molecule has 1 aromatic rings. The van der Waals surface area contributed by atoms with Gasteiger partial charge >= 0.3 is 0 Å². The van der Waals surface area contributed by atoms with Crippen LogP contribution in [0.5, 0.6) is 0 Å². The van der Waals surface area contributed by atoms with Crippen LogP contribution in [0.2, 0.25) is 0 Å². The van der Waals surface area contributed by atoms with Crippen molar-refractivity contribution >= 4 is 17.5 Å². The van der Waals surface area contributed by atoms with Gasteiger partial charge in [0.15, 0.2) is 0 Å². The van der Waals surface area contributed by atoms with Crippen molar-refractivity contribution in [1.29, 1.82) is 0 Å². The van der Waals surface area contributed by atoms with Crippen molar-refractivity contribution in [2.45, 2.75) is 51.4 Å². The molecule has 1 saturated carbocycles. The quantitative estimate of drug-likeness (QED) is 0.870. The Morgan fingerprint density at radius 2 is 1.77 bits per heavy atom. The molecule has 1 aliphatic heterocycles. The molecule has 1 saturated heterocycles. The summed E-state index contributed by atoms with van der Waals surface area (Å²) < 4.78 is 0. The Morgan fingerprint density at radius 1 is 1.04 bits per heavy atom. The van der Waals surface area contributed by atoms with Crippen molar-refractivity contribution in [2.75, 3.05) is 31.5 Å². The van der Waals surface area contributed by atoms with Crippen LogP contribution >= 0.6 is 0 Å². The molecule has 1 atom stereocenters. The first-order valence-corrected chi connectivity index (χ1v) is 10.1. The number of carbonyl (C=O) groups excluding carboxylic acids is 2. The van der Waals surface area contributed by atoms with E-state index in [0.29, 0.717) is 0 Å². The molecule has 2 fully saturated rings. The maximum Gasteiger partial charge on any atom is 0.229 e. The van der Waals surface area contributed by atoms with Crippen LogP contribution in [0.15, 0.2) is 24.3 Å². The van der Waals surface area contributed by atoms with Gasteiger partial charge in [0.05, 0.1) is 5.92 Å². The molecule has 1 aliphatic carbocycles. The van der Waals surface area contributed by atoms with Crippen LogP contribution in [0.3, 0.4) is 0 Å². The highest BCUT2D eigenvalue weighted by molar-refractivity contribution is 5.92. The molecule has 1 heterocycles. The van der Waals surface area contributed by atoms with Crippen molar-refractivity contribution in [1.82, 2.24) is 10.2 Å². The van der Waals surface area contributed by atoms with E-state index in [1.54, 1.807) is 0 Å². The Labute approximate surface area is 156 Å². The molecule has 0 spiro atoms. The Hall–Kier alpha value is -1.88. The fourth-order valence-electron chi connectivity index (χ4n) is 3.95. The summed E-state index contributed by atoms with van der Waals surface area (Å²) in [7, 11) is 0. The van der Waals surface area contributed by atoms with Gasteiger partial charge in [0.1, 0.15) is 0 Å². The number of anilines is 1. The average molecular weight is 357 g/mol. The molecule has 0 aromatic heterocycles.